The molecule has 0 fully saturated rings. The van der Waals surface area contributed by atoms with E-state index in [4.69, 9.17) is 0 Å². The van der Waals surface area contributed by atoms with Crippen molar-refractivity contribution in [3.05, 3.63) is 35.4 Å². The number of thioether (sulfide) groups is 1. The summed E-state index contributed by atoms with van der Waals surface area (Å²) in [4.78, 5) is 0. The lowest BCUT2D eigenvalue weighted by atomic mass is 10.1. The highest BCUT2D eigenvalue weighted by Gasteiger charge is 2.20. The molecule has 0 saturated carbocycles. The number of aryl methyl sites for hydroxylation is 1. The molecule has 2 rings (SSSR count). The van der Waals surface area contributed by atoms with Crippen LogP contribution in [0.5, 0.6) is 0 Å². The first-order valence-corrected chi connectivity index (χ1v) is 7.61. The molecule has 2 heteroatoms. The summed E-state index contributed by atoms with van der Waals surface area (Å²) < 4.78 is 0. The molecule has 1 unspecified atom stereocenters. The van der Waals surface area contributed by atoms with Gasteiger partial charge >= 0.3 is 0 Å². The number of unbranched alkanes of at least 4 members (excludes halogenated alkanes) is 1. The minimum absolute atomic E-state index is 0.616. The fraction of sp³-hybridized carbons (Fsp3) is 0.571. The predicted molar refractivity (Wildman–Crippen MR) is 73.1 cm³/mol. The lowest BCUT2D eigenvalue weighted by Crippen LogP contribution is -2.20. The van der Waals surface area contributed by atoms with E-state index in [-0.39, 0.29) is 0 Å². The second kappa shape index (κ2) is 6.31. The van der Waals surface area contributed by atoms with Crippen molar-refractivity contribution < 1.29 is 0 Å². The van der Waals surface area contributed by atoms with Crippen molar-refractivity contribution >= 4 is 11.8 Å². The van der Waals surface area contributed by atoms with E-state index in [1.54, 1.807) is 5.56 Å². The maximum atomic E-state index is 3.69. The van der Waals surface area contributed by atoms with Gasteiger partial charge in [0.1, 0.15) is 0 Å². The van der Waals surface area contributed by atoms with Crippen LogP contribution in [-0.4, -0.2) is 18.6 Å². The van der Waals surface area contributed by atoms with Gasteiger partial charge in [-0.2, -0.15) is 11.8 Å². The van der Waals surface area contributed by atoms with E-state index in [0.29, 0.717) is 6.04 Å². The summed E-state index contributed by atoms with van der Waals surface area (Å²) in [5, 5.41) is 3.69. The van der Waals surface area contributed by atoms with Crippen LogP contribution in [0.1, 0.15) is 36.4 Å². The van der Waals surface area contributed by atoms with Gasteiger partial charge in [-0.25, -0.2) is 0 Å². The van der Waals surface area contributed by atoms with Gasteiger partial charge in [-0.3, -0.25) is 0 Å². The molecular formula is C14H21NS. The molecule has 0 heterocycles. The molecule has 1 atom stereocenters. The van der Waals surface area contributed by atoms with Crippen LogP contribution in [0.15, 0.2) is 24.3 Å². The van der Waals surface area contributed by atoms with Crippen LogP contribution < -0.4 is 5.32 Å². The molecule has 1 aliphatic rings. The van der Waals surface area contributed by atoms with Crippen LogP contribution in [0.3, 0.4) is 0 Å². The van der Waals surface area contributed by atoms with E-state index >= 15 is 0 Å². The smallest absolute Gasteiger partial charge is 0.0326 e. The zero-order valence-corrected chi connectivity index (χ0v) is 10.9. The van der Waals surface area contributed by atoms with Crippen molar-refractivity contribution in [1.82, 2.24) is 5.32 Å². The summed E-state index contributed by atoms with van der Waals surface area (Å²) in [6.07, 6.45) is 7.35. The third-order valence-electron chi connectivity index (χ3n) is 3.30. The Morgan fingerprint density at radius 2 is 2.19 bits per heavy atom. The van der Waals surface area contributed by atoms with Gasteiger partial charge in [-0.05, 0) is 55.4 Å². The van der Waals surface area contributed by atoms with E-state index < -0.39 is 0 Å². The van der Waals surface area contributed by atoms with E-state index in [0.717, 1.165) is 0 Å². The molecule has 0 saturated heterocycles. The summed E-state index contributed by atoms with van der Waals surface area (Å²) in [6.45, 7) is 1.17. The fourth-order valence-corrected chi connectivity index (χ4v) is 2.91. The van der Waals surface area contributed by atoms with Crippen molar-refractivity contribution in [2.24, 2.45) is 0 Å². The maximum Gasteiger partial charge on any atom is 0.0326 e. The minimum Gasteiger partial charge on any atom is -0.310 e. The van der Waals surface area contributed by atoms with Gasteiger partial charge in [0.15, 0.2) is 0 Å². The number of hydrogen-bond acceptors (Lipinski definition) is 2. The Balaban J connectivity index is 1.76. The van der Waals surface area contributed by atoms with Gasteiger partial charge in [0, 0.05) is 6.04 Å². The highest BCUT2D eigenvalue weighted by atomic mass is 32.2. The minimum atomic E-state index is 0.616. The zero-order chi connectivity index (χ0) is 11.2. The van der Waals surface area contributed by atoms with E-state index in [9.17, 15) is 0 Å². The quantitative estimate of drug-likeness (QED) is 0.758. The molecule has 0 spiro atoms. The molecule has 16 heavy (non-hydrogen) atoms. The van der Waals surface area contributed by atoms with Crippen LogP contribution >= 0.6 is 11.8 Å². The number of fused-ring (bicyclic) bond motifs is 1. The van der Waals surface area contributed by atoms with Gasteiger partial charge in [0.05, 0.1) is 0 Å². The van der Waals surface area contributed by atoms with Crippen molar-refractivity contribution in [2.75, 3.05) is 18.6 Å². The van der Waals surface area contributed by atoms with Gasteiger partial charge in [0.25, 0.3) is 0 Å². The zero-order valence-electron chi connectivity index (χ0n) is 10.0. The number of rotatable bonds is 6. The van der Waals surface area contributed by atoms with Crippen LogP contribution in [0.2, 0.25) is 0 Å². The molecule has 1 aliphatic carbocycles. The Morgan fingerprint density at radius 3 is 3.06 bits per heavy atom. The molecule has 88 valence electrons. The van der Waals surface area contributed by atoms with Gasteiger partial charge in [0.2, 0.25) is 0 Å². The average molecular weight is 235 g/mol. The lowest BCUT2D eigenvalue weighted by Gasteiger charge is -2.13. The van der Waals surface area contributed by atoms with E-state index in [2.05, 4.69) is 35.8 Å². The van der Waals surface area contributed by atoms with Crippen LogP contribution in [-0.2, 0) is 6.42 Å². The van der Waals surface area contributed by atoms with Crippen molar-refractivity contribution in [1.29, 1.82) is 0 Å². The number of nitrogens with one attached hydrogen (secondary N) is 1. The standard InChI is InChI=1S/C14H21NS/c1-16-11-5-4-10-15-14-9-8-12-6-2-3-7-13(12)14/h2-3,6-7,14-15H,4-5,8-11H2,1H3. The predicted octanol–water partition coefficient (Wildman–Crippen LogP) is 3.41. The largest absolute Gasteiger partial charge is 0.310 e. The molecule has 1 aromatic carbocycles. The second-order valence-corrected chi connectivity index (χ2v) is 5.43. The van der Waals surface area contributed by atoms with Crippen LogP contribution in [0.4, 0.5) is 0 Å². The lowest BCUT2D eigenvalue weighted by molar-refractivity contribution is 0.518. The first-order chi connectivity index (χ1) is 7.92. The maximum absolute atomic E-state index is 3.69. The highest BCUT2D eigenvalue weighted by molar-refractivity contribution is 7.98. The average Bonchev–Trinajstić information content (AvgIpc) is 2.73. The van der Waals surface area contributed by atoms with Crippen molar-refractivity contribution in [2.45, 2.75) is 31.7 Å². The Hall–Kier alpha value is -0.470. The Labute approximate surface area is 103 Å². The second-order valence-electron chi connectivity index (χ2n) is 4.44. The Morgan fingerprint density at radius 1 is 1.31 bits per heavy atom. The summed E-state index contributed by atoms with van der Waals surface area (Å²) >= 11 is 1.95. The van der Waals surface area contributed by atoms with E-state index in [1.807, 2.05) is 11.8 Å². The third-order valence-corrected chi connectivity index (χ3v) is 4.00. The molecule has 1 aromatic rings. The molecular weight excluding hydrogens is 214 g/mol. The molecule has 1 N–H and O–H groups in total. The SMILES string of the molecule is CSCCCCNC1CCc2ccccc21. The van der Waals surface area contributed by atoms with Crippen molar-refractivity contribution in [3.63, 3.8) is 0 Å². The van der Waals surface area contributed by atoms with Gasteiger partial charge < -0.3 is 5.32 Å². The molecule has 0 radical (unpaired) electrons. The molecule has 0 aliphatic heterocycles. The molecule has 0 aromatic heterocycles. The first kappa shape index (κ1) is 12.0. The third kappa shape index (κ3) is 3.02. The normalized spacial score (nSPS) is 18.7. The Bertz CT molecular complexity index is 324. The molecule has 0 bridgehead atoms. The monoisotopic (exact) mass is 235 g/mol. The van der Waals surface area contributed by atoms with Crippen LogP contribution in [0, 0.1) is 0 Å². The van der Waals surface area contributed by atoms with Gasteiger partial charge in [-0.1, -0.05) is 24.3 Å². The Kier molecular flexibility index (Phi) is 4.73. The fourth-order valence-electron chi connectivity index (χ4n) is 2.42. The molecule has 0 amide bonds. The summed E-state index contributed by atoms with van der Waals surface area (Å²) in [5.41, 5.74) is 3.08. The highest BCUT2D eigenvalue weighted by Crippen LogP contribution is 2.30. The van der Waals surface area contributed by atoms with E-state index in [1.165, 1.54) is 43.5 Å². The topological polar surface area (TPSA) is 12.0 Å². The summed E-state index contributed by atoms with van der Waals surface area (Å²) in [7, 11) is 0. The van der Waals surface area contributed by atoms with Crippen molar-refractivity contribution in [3.8, 4) is 0 Å². The summed E-state index contributed by atoms with van der Waals surface area (Å²) in [5.74, 6) is 1.29. The first-order valence-electron chi connectivity index (χ1n) is 6.22. The number of hydrogen-bond donors (Lipinski definition) is 1. The van der Waals surface area contributed by atoms with Crippen LogP contribution in [0.25, 0.3) is 0 Å². The summed E-state index contributed by atoms with van der Waals surface area (Å²) in [6, 6.07) is 9.48. The molecule has 1 nitrogen and oxygen atoms in total. The van der Waals surface area contributed by atoms with Gasteiger partial charge in [-0.15, -0.1) is 0 Å². The number of benzene rings is 1.